The van der Waals surface area contributed by atoms with Crippen molar-refractivity contribution in [3.8, 4) is 11.4 Å². The Kier molecular flexibility index (Phi) is 6.41. The van der Waals surface area contributed by atoms with Crippen molar-refractivity contribution in [3.05, 3.63) is 51.4 Å². The van der Waals surface area contributed by atoms with Gasteiger partial charge in [-0.15, -0.1) is 5.10 Å². The third-order valence-electron chi connectivity index (χ3n) is 3.96. The van der Waals surface area contributed by atoms with Crippen LogP contribution in [0.2, 0.25) is 5.02 Å². The molecule has 156 valence electrons. The zero-order valence-electron chi connectivity index (χ0n) is 15.2. The molecule has 10 nitrogen and oxygen atoms in total. The summed E-state index contributed by atoms with van der Waals surface area (Å²) in [4.78, 5) is 40.0. The van der Waals surface area contributed by atoms with Gasteiger partial charge in [-0.05, 0) is 24.3 Å². The van der Waals surface area contributed by atoms with Gasteiger partial charge in [-0.2, -0.15) is 13.9 Å². The summed E-state index contributed by atoms with van der Waals surface area (Å²) in [6.07, 6.45) is 0. The standard InChI is InChI=1S/C15H11ClF2IN7O3.Al.2H/c16-8-3-1-7(2-4-8)13-24-26(6-10-21-12(11(20)28)23-22-10)14(29)25(13)5-9(27)15(17,18)19;;;/h1-4H,5-6H2,(H3,20,21,22,23,28);;;/q;+1;;/p-1. The number of alkyl halides is 3. The van der Waals surface area contributed by atoms with Crippen LogP contribution in [0.5, 0.6) is 0 Å². The summed E-state index contributed by atoms with van der Waals surface area (Å²) in [6.45, 7) is -1.14. The second kappa shape index (κ2) is 8.54. The summed E-state index contributed by atoms with van der Waals surface area (Å²) in [6, 6.07) is 6.13. The fourth-order valence-electron chi connectivity index (χ4n) is 2.59. The van der Waals surface area contributed by atoms with E-state index in [9.17, 15) is 23.2 Å². The highest BCUT2D eigenvalue weighted by atomic mass is 127. The summed E-state index contributed by atoms with van der Waals surface area (Å²) in [5.74, 6) is -2.23. The number of amides is 1. The van der Waals surface area contributed by atoms with Crippen molar-refractivity contribution in [2.75, 3.05) is 0 Å². The Balaban J connectivity index is 2.06. The number of hydrogen-bond acceptors (Lipinski definition) is 6. The maximum atomic E-state index is 13.4. The van der Waals surface area contributed by atoms with Gasteiger partial charge in [0, 0.05) is 33.2 Å². The van der Waals surface area contributed by atoms with E-state index >= 15 is 0 Å². The Hall–Kier alpha value is -2.15. The highest BCUT2D eigenvalue weighted by Crippen LogP contribution is 2.25. The molecule has 0 saturated heterocycles. The first-order chi connectivity index (χ1) is 14.0. The number of nitrogens with two attached hydrogens (primary N) is 1. The Morgan fingerprint density at radius 1 is 1.23 bits per heavy atom. The van der Waals surface area contributed by atoms with E-state index in [1.165, 1.54) is 27.9 Å². The number of carbonyl (C=O) groups is 2. The van der Waals surface area contributed by atoms with E-state index in [0.29, 0.717) is 49.7 Å². The number of rotatable bonds is 7. The molecule has 0 saturated carbocycles. The molecule has 0 spiro atoms. The first-order valence-corrected chi connectivity index (χ1v) is 10.6. The van der Waals surface area contributed by atoms with Gasteiger partial charge in [-0.25, -0.2) is 14.5 Å². The normalized spacial score (nSPS) is 11.6. The highest BCUT2D eigenvalue weighted by molar-refractivity contribution is 14.1. The van der Waals surface area contributed by atoms with Gasteiger partial charge in [0.15, 0.2) is 17.5 Å². The minimum Gasteiger partial charge on any atom is -0.363 e. The predicted molar refractivity (Wildman–Crippen MR) is 112 cm³/mol. The molecule has 0 aliphatic heterocycles. The van der Waals surface area contributed by atoms with Gasteiger partial charge < -0.3 is 9.40 Å². The third-order valence-corrected chi connectivity index (χ3v) is 5.44. The summed E-state index contributed by atoms with van der Waals surface area (Å²) >= 11 is 6.89. The molecule has 0 atom stereocenters. The molecule has 0 fully saturated rings. The van der Waals surface area contributed by atoms with Crippen molar-refractivity contribution < 1.29 is 18.4 Å². The van der Waals surface area contributed by atoms with Gasteiger partial charge in [-0.3, -0.25) is 14.2 Å². The largest absolute Gasteiger partial charge is 0.401 e. The zero-order valence-corrected chi connectivity index (χ0v) is 20.1. The van der Waals surface area contributed by atoms with Crippen LogP contribution < -0.4 is 11.4 Å². The van der Waals surface area contributed by atoms with Crippen LogP contribution in [-0.2, 0) is 17.9 Å². The lowest BCUT2D eigenvalue weighted by Gasteiger charge is -2.09. The van der Waals surface area contributed by atoms with E-state index in [0.717, 1.165) is 9.25 Å². The predicted octanol–water partition coefficient (Wildman–Crippen LogP) is 0.0970. The Morgan fingerprint density at radius 2 is 1.87 bits per heavy atom. The SMILES string of the molecule is NC(=O)c1nc(Cn2nc(-c3ccc(Cl)cc3)n(CC(=O)C(F)(F)I)c2=O)n[n]1[AlH2]. The van der Waals surface area contributed by atoms with E-state index in [-0.39, 0.29) is 24.0 Å². The lowest BCUT2D eigenvalue weighted by Crippen LogP contribution is -2.33. The molecular formula is C15H12AlClF2IN7O3. The van der Waals surface area contributed by atoms with Crippen molar-refractivity contribution in [2.24, 2.45) is 5.73 Å². The Morgan fingerprint density at radius 3 is 2.40 bits per heavy atom. The molecule has 2 aromatic heterocycles. The van der Waals surface area contributed by atoms with E-state index in [1.807, 2.05) is 0 Å². The number of carbonyl (C=O) groups excluding carboxylic acids is 2. The molecule has 1 aromatic carbocycles. The van der Waals surface area contributed by atoms with Crippen LogP contribution in [0.4, 0.5) is 8.78 Å². The zero-order chi connectivity index (χ0) is 22.2. The molecular weight excluding hydrogens is 554 g/mol. The van der Waals surface area contributed by atoms with Crippen molar-refractivity contribution in [1.82, 2.24) is 28.1 Å². The molecule has 2 N–H and O–H groups in total. The minimum absolute atomic E-state index is 0.00824. The molecule has 0 aliphatic rings. The molecule has 1 amide bonds. The van der Waals surface area contributed by atoms with Gasteiger partial charge in [0.05, 0.1) is 6.54 Å². The summed E-state index contributed by atoms with van der Waals surface area (Å²) in [5, 5.41) is 8.62. The monoisotopic (exact) mass is 565 g/mol. The first kappa shape index (κ1) is 22.5. The molecule has 0 bridgehead atoms. The van der Waals surface area contributed by atoms with Gasteiger partial charge in [-0.1, -0.05) is 11.6 Å². The Labute approximate surface area is 193 Å². The minimum atomic E-state index is -3.65. The van der Waals surface area contributed by atoms with Crippen LogP contribution in [0.15, 0.2) is 29.1 Å². The molecule has 0 aliphatic carbocycles. The second-order valence-corrected chi connectivity index (χ2v) is 8.76. The molecule has 2 heterocycles. The highest BCUT2D eigenvalue weighted by Gasteiger charge is 2.35. The fraction of sp³-hybridized carbons (Fsp3) is 0.200. The fourth-order valence-corrected chi connectivity index (χ4v) is 3.43. The van der Waals surface area contributed by atoms with E-state index in [1.54, 1.807) is 0 Å². The number of primary amides is 1. The topological polar surface area (TPSA) is 131 Å². The summed E-state index contributed by atoms with van der Waals surface area (Å²) < 4.78 is 26.2. The van der Waals surface area contributed by atoms with Crippen LogP contribution in [-0.4, -0.2) is 60.2 Å². The number of Topliss-reactive ketones (excluding diaryl/α,β-unsaturated/α-hetero) is 1. The van der Waals surface area contributed by atoms with Crippen LogP contribution in [0.1, 0.15) is 16.4 Å². The maximum Gasteiger partial charge on any atom is 0.401 e. The van der Waals surface area contributed by atoms with Crippen molar-refractivity contribution in [2.45, 2.75) is 17.0 Å². The van der Waals surface area contributed by atoms with Crippen LogP contribution in [0.25, 0.3) is 11.4 Å². The van der Waals surface area contributed by atoms with Gasteiger partial charge in [0.1, 0.15) is 6.54 Å². The van der Waals surface area contributed by atoms with Crippen molar-refractivity contribution in [1.29, 1.82) is 0 Å². The lowest BCUT2D eigenvalue weighted by atomic mass is 10.2. The number of halogens is 4. The number of aromatic nitrogens is 6. The summed E-state index contributed by atoms with van der Waals surface area (Å²) in [7, 11) is 0. The van der Waals surface area contributed by atoms with E-state index in [2.05, 4.69) is 15.2 Å². The second-order valence-electron chi connectivity index (χ2n) is 6.12. The third kappa shape index (κ3) is 4.77. The van der Waals surface area contributed by atoms with Crippen molar-refractivity contribution in [3.63, 3.8) is 0 Å². The molecule has 0 radical (unpaired) electrons. The molecule has 15 heteroatoms. The van der Waals surface area contributed by atoms with Gasteiger partial charge in [0.2, 0.25) is 5.78 Å². The molecule has 3 aromatic rings. The smallest absolute Gasteiger partial charge is 0.363 e. The average Bonchev–Trinajstić information content (AvgIpc) is 3.16. The number of hydrogen-bond donors (Lipinski definition) is 1. The first-order valence-electron chi connectivity index (χ1n) is 8.20. The maximum absolute atomic E-state index is 13.4. The van der Waals surface area contributed by atoms with Crippen LogP contribution >= 0.6 is 34.2 Å². The van der Waals surface area contributed by atoms with E-state index < -0.39 is 27.9 Å². The van der Waals surface area contributed by atoms with Crippen LogP contribution in [0.3, 0.4) is 0 Å². The number of nitrogens with zero attached hydrogens (tertiary/aromatic N) is 6. The van der Waals surface area contributed by atoms with Crippen LogP contribution in [0, 0.1) is 0 Å². The number of ketones is 1. The Bertz CT molecular complexity index is 1190. The lowest BCUT2D eigenvalue weighted by molar-refractivity contribution is -0.131. The molecule has 3 rings (SSSR count). The quantitative estimate of drug-likeness (QED) is 0.246. The van der Waals surface area contributed by atoms with Gasteiger partial charge in [0.25, 0.3) is 5.91 Å². The average molecular weight is 566 g/mol. The number of benzene rings is 1. The molecule has 30 heavy (non-hydrogen) atoms. The van der Waals surface area contributed by atoms with E-state index in [4.69, 9.17) is 17.3 Å². The van der Waals surface area contributed by atoms with Crippen molar-refractivity contribution >= 4 is 62.4 Å². The van der Waals surface area contributed by atoms with Gasteiger partial charge >= 0.3 is 26.1 Å². The molecule has 0 unspecified atom stereocenters. The summed E-state index contributed by atoms with van der Waals surface area (Å²) in [5.41, 5.74) is 4.78.